The van der Waals surface area contributed by atoms with Gasteiger partial charge in [0.1, 0.15) is 0 Å². The zero-order valence-electron chi connectivity index (χ0n) is 17.2. The normalized spacial score (nSPS) is 17.4. The van der Waals surface area contributed by atoms with Gasteiger partial charge in [-0.1, -0.05) is 25.5 Å². The SMILES string of the molecule is CCC1CCCCN1CCNC(=NC)NCc1ccc(NC(=O)OC)cc1.I. The van der Waals surface area contributed by atoms with E-state index in [-0.39, 0.29) is 24.0 Å². The van der Waals surface area contributed by atoms with Crippen molar-refractivity contribution in [2.45, 2.75) is 45.2 Å². The molecule has 0 spiro atoms. The Hall–Kier alpha value is -1.55. The average molecular weight is 503 g/mol. The molecule has 8 heteroatoms. The Morgan fingerprint density at radius 1 is 1.25 bits per heavy atom. The lowest BCUT2D eigenvalue weighted by Gasteiger charge is -2.35. The van der Waals surface area contributed by atoms with Crippen LogP contribution < -0.4 is 16.0 Å². The van der Waals surface area contributed by atoms with Crippen molar-refractivity contribution < 1.29 is 9.53 Å². The molecule has 0 aliphatic carbocycles. The molecule has 7 nitrogen and oxygen atoms in total. The van der Waals surface area contributed by atoms with Crippen LogP contribution >= 0.6 is 24.0 Å². The third-order valence-electron chi connectivity index (χ3n) is 4.98. The van der Waals surface area contributed by atoms with E-state index in [2.05, 4.69) is 37.5 Å². The first-order valence-corrected chi connectivity index (χ1v) is 9.78. The zero-order valence-corrected chi connectivity index (χ0v) is 19.5. The fourth-order valence-corrected chi connectivity index (χ4v) is 3.42. The van der Waals surface area contributed by atoms with Gasteiger partial charge in [0.25, 0.3) is 0 Å². The number of hydrogen-bond acceptors (Lipinski definition) is 4. The molecule has 3 N–H and O–H groups in total. The topological polar surface area (TPSA) is 78.0 Å². The van der Waals surface area contributed by atoms with Crippen LogP contribution in [0.25, 0.3) is 0 Å². The summed E-state index contributed by atoms with van der Waals surface area (Å²) >= 11 is 0. The summed E-state index contributed by atoms with van der Waals surface area (Å²) in [5.41, 5.74) is 1.82. The molecule has 1 atom stereocenters. The van der Waals surface area contributed by atoms with Gasteiger partial charge in [-0.15, -0.1) is 24.0 Å². The number of nitrogens with zero attached hydrogens (tertiary/aromatic N) is 2. The minimum absolute atomic E-state index is 0. The molecule has 2 rings (SSSR count). The fraction of sp³-hybridized carbons (Fsp3) is 0.600. The number of hydrogen-bond donors (Lipinski definition) is 3. The molecule has 0 radical (unpaired) electrons. The van der Waals surface area contributed by atoms with E-state index in [1.165, 1.54) is 39.3 Å². The van der Waals surface area contributed by atoms with E-state index in [9.17, 15) is 4.79 Å². The quantitative estimate of drug-likeness (QED) is 0.302. The second kappa shape index (κ2) is 13.6. The summed E-state index contributed by atoms with van der Waals surface area (Å²) in [6, 6.07) is 8.36. The number of guanidine groups is 1. The van der Waals surface area contributed by atoms with E-state index in [0.717, 1.165) is 30.7 Å². The van der Waals surface area contributed by atoms with E-state index in [1.54, 1.807) is 7.05 Å². The van der Waals surface area contributed by atoms with Gasteiger partial charge >= 0.3 is 6.09 Å². The maximum Gasteiger partial charge on any atom is 0.411 e. The summed E-state index contributed by atoms with van der Waals surface area (Å²) in [4.78, 5) is 18.1. The highest BCUT2D eigenvalue weighted by molar-refractivity contribution is 14.0. The summed E-state index contributed by atoms with van der Waals surface area (Å²) in [5, 5.41) is 9.37. The minimum atomic E-state index is -0.468. The molecule has 1 aromatic rings. The first-order valence-electron chi connectivity index (χ1n) is 9.78. The van der Waals surface area contributed by atoms with E-state index < -0.39 is 6.09 Å². The third-order valence-corrected chi connectivity index (χ3v) is 4.98. The smallest absolute Gasteiger partial charge is 0.411 e. The lowest BCUT2D eigenvalue weighted by atomic mass is 10.0. The number of aliphatic imine (C=N–C) groups is 1. The van der Waals surface area contributed by atoms with Crippen LogP contribution in [0.15, 0.2) is 29.3 Å². The number of nitrogens with one attached hydrogen (secondary N) is 3. The highest BCUT2D eigenvalue weighted by Crippen LogP contribution is 2.18. The number of anilines is 1. The van der Waals surface area contributed by atoms with Crippen molar-refractivity contribution in [1.29, 1.82) is 0 Å². The molecule has 1 aromatic carbocycles. The number of amides is 1. The van der Waals surface area contributed by atoms with Crippen LogP contribution in [0, 0.1) is 0 Å². The molecule has 28 heavy (non-hydrogen) atoms. The molecule has 0 saturated carbocycles. The van der Waals surface area contributed by atoms with Gasteiger partial charge in [0.05, 0.1) is 7.11 Å². The largest absolute Gasteiger partial charge is 0.453 e. The Labute approximate surface area is 185 Å². The number of methoxy groups -OCH3 is 1. The molecule has 1 heterocycles. The van der Waals surface area contributed by atoms with Gasteiger partial charge in [0, 0.05) is 38.4 Å². The number of likely N-dealkylation sites (tertiary alicyclic amines) is 1. The Balaban J connectivity index is 0.00000392. The van der Waals surface area contributed by atoms with Crippen LogP contribution in [0.1, 0.15) is 38.2 Å². The van der Waals surface area contributed by atoms with Crippen LogP contribution in [0.2, 0.25) is 0 Å². The highest BCUT2D eigenvalue weighted by Gasteiger charge is 2.19. The molecule has 1 aliphatic heterocycles. The molecular weight excluding hydrogens is 469 g/mol. The van der Waals surface area contributed by atoms with Gasteiger partial charge in [-0.25, -0.2) is 4.79 Å². The van der Waals surface area contributed by atoms with Crippen LogP contribution in [0.5, 0.6) is 0 Å². The lowest BCUT2D eigenvalue weighted by Crippen LogP contribution is -2.45. The number of halogens is 1. The van der Waals surface area contributed by atoms with E-state index in [0.29, 0.717) is 12.2 Å². The van der Waals surface area contributed by atoms with Crippen molar-refractivity contribution in [2.24, 2.45) is 4.99 Å². The van der Waals surface area contributed by atoms with Crippen molar-refractivity contribution in [1.82, 2.24) is 15.5 Å². The van der Waals surface area contributed by atoms with E-state index in [1.807, 2.05) is 24.3 Å². The zero-order chi connectivity index (χ0) is 19.5. The highest BCUT2D eigenvalue weighted by atomic mass is 127. The summed E-state index contributed by atoms with van der Waals surface area (Å²) in [5.74, 6) is 0.803. The Kier molecular flexibility index (Phi) is 11.9. The first kappa shape index (κ1) is 24.5. The van der Waals surface area contributed by atoms with Crippen molar-refractivity contribution >= 4 is 41.7 Å². The molecule has 1 unspecified atom stereocenters. The Morgan fingerprint density at radius 2 is 2.00 bits per heavy atom. The molecule has 1 amide bonds. The predicted molar refractivity (Wildman–Crippen MR) is 126 cm³/mol. The summed E-state index contributed by atoms with van der Waals surface area (Å²) < 4.78 is 4.58. The van der Waals surface area contributed by atoms with Crippen LogP contribution in [-0.4, -0.2) is 56.8 Å². The summed E-state index contributed by atoms with van der Waals surface area (Å²) in [7, 11) is 3.13. The van der Waals surface area contributed by atoms with Gasteiger partial charge in [-0.2, -0.15) is 0 Å². The standard InChI is InChI=1S/C20H33N5O2.HI/c1-4-18-7-5-6-13-25(18)14-12-22-19(21-2)23-15-16-8-10-17(11-9-16)24-20(26)27-3;/h8-11,18H,4-7,12-15H2,1-3H3,(H,24,26)(H2,21,22,23);1H. The minimum Gasteiger partial charge on any atom is -0.453 e. The molecule has 1 fully saturated rings. The molecule has 0 bridgehead atoms. The van der Waals surface area contributed by atoms with E-state index >= 15 is 0 Å². The van der Waals surface area contributed by atoms with Crippen LogP contribution in [-0.2, 0) is 11.3 Å². The number of carbonyl (C=O) groups excluding carboxylic acids is 1. The summed E-state index contributed by atoms with van der Waals surface area (Å²) in [6.45, 7) is 6.09. The second-order valence-electron chi connectivity index (χ2n) is 6.76. The number of rotatable bonds is 7. The number of piperidine rings is 1. The Bertz CT molecular complexity index is 609. The first-order chi connectivity index (χ1) is 13.2. The maximum absolute atomic E-state index is 11.2. The van der Waals surface area contributed by atoms with Gasteiger partial charge in [0.15, 0.2) is 5.96 Å². The lowest BCUT2D eigenvalue weighted by molar-refractivity contribution is 0.147. The van der Waals surface area contributed by atoms with Crippen LogP contribution in [0.3, 0.4) is 0 Å². The molecule has 1 aliphatic rings. The maximum atomic E-state index is 11.2. The van der Waals surface area contributed by atoms with Gasteiger partial charge in [-0.05, 0) is 43.5 Å². The van der Waals surface area contributed by atoms with E-state index in [4.69, 9.17) is 0 Å². The number of ether oxygens (including phenoxy) is 1. The van der Waals surface area contributed by atoms with Crippen molar-refractivity contribution in [3.05, 3.63) is 29.8 Å². The number of benzene rings is 1. The fourth-order valence-electron chi connectivity index (χ4n) is 3.42. The van der Waals surface area contributed by atoms with Crippen molar-refractivity contribution in [3.63, 3.8) is 0 Å². The molecule has 158 valence electrons. The molecule has 1 saturated heterocycles. The predicted octanol–water partition coefficient (Wildman–Crippen LogP) is 3.41. The van der Waals surface area contributed by atoms with Gasteiger partial charge < -0.3 is 15.4 Å². The van der Waals surface area contributed by atoms with Gasteiger partial charge in [-0.3, -0.25) is 15.2 Å². The monoisotopic (exact) mass is 503 g/mol. The Morgan fingerprint density at radius 3 is 2.64 bits per heavy atom. The molecule has 0 aromatic heterocycles. The van der Waals surface area contributed by atoms with Crippen molar-refractivity contribution in [3.8, 4) is 0 Å². The van der Waals surface area contributed by atoms with Crippen molar-refractivity contribution in [2.75, 3.05) is 39.1 Å². The molecular formula is C20H34IN5O2. The number of carbonyl (C=O) groups is 1. The van der Waals surface area contributed by atoms with Crippen LogP contribution in [0.4, 0.5) is 10.5 Å². The second-order valence-corrected chi connectivity index (χ2v) is 6.76. The van der Waals surface area contributed by atoms with Gasteiger partial charge in [0.2, 0.25) is 0 Å². The third kappa shape index (κ3) is 8.22. The average Bonchev–Trinajstić information content (AvgIpc) is 2.71. The summed E-state index contributed by atoms with van der Waals surface area (Å²) in [6.07, 6.45) is 4.76.